The summed E-state index contributed by atoms with van der Waals surface area (Å²) in [4.78, 5) is 2.14. The molecule has 2 unspecified atom stereocenters. The molecule has 3 rings (SSSR count). The summed E-state index contributed by atoms with van der Waals surface area (Å²) >= 11 is 0. The van der Waals surface area contributed by atoms with Gasteiger partial charge in [-0.3, -0.25) is 0 Å². The van der Waals surface area contributed by atoms with E-state index in [1.807, 2.05) is 0 Å². The number of benzene rings is 2. The van der Waals surface area contributed by atoms with Crippen LogP contribution < -0.4 is 10.2 Å². The fraction of sp³-hybridized carbons (Fsp3) is 0.520. The monoisotopic (exact) mass is 380 g/mol. The second kappa shape index (κ2) is 9.58. The van der Waals surface area contributed by atoms with E-state index in [-0.39, 0.29) is 5.60 Å². The number of nitrogens with zero attached hydrogens (tertiary/aromatic N) is 1. The Morgan fingerprint density at radius 2 is 1.79 bits per heavy atom. The summed E-state index contributed by atoms with van der Waals surface area (Å²) in [7, 11) is 4.16. The highest BCUT2D eigenvalue weighted by Gasteiger charge is 2.33. The number of nitrogens with one attached hydrogen (secondary N) is 1. The van der Waals surface area contributed by atoms with Crippen LogP contribution in [0.5, 0.6) is 0 Å². The molecule has 0 bridgehead atoms. The Morgan fingerprint density at radius 3 is 2.43 bits per heavy atom. The molecule has 0 amide bonds. The van der Waals surface area contributed by atoms with Gasteiger partial charge in [0, 0.05) is 32.9 Å². The summed E-state index contributed by atoms with van der Waals surface area (Å²) < 4.78 is 5.97. The van der Waals surface area contributed by atoms with Crippen molar-refractivity contribution in [1.82, 2.24) is 5.32 Å². The minimum absolute atomic E-state index is 0.00242. The van der Waals surface area contributed by atoms with Gasteiger partial charge >= 0.3 is 0 Å². The summed E-state index contributed by atoms with van der Waals surface area (Å²) in [6.07, 6.45) is 3.47. The molecular formula is C25H36N2O. The van der Waals surface area contributed by atoms with E-state index >= 15 is 0 Å². The summed E-state index contributed by atoms with van der Waals surface area (Å²) in [6, 6.07) is 19.9. The minimum atomic E-state index is -0.00242. The van der Waals surface area contributed by atoms with Gasteiger partial charge < -0.3 is 15.0 Å². The van der Waals surface area contributed by atoms with Crippen LogP contribution in [-0.4, -0.2) is 32.8 Å². The Balaban J connectivity index is 1.57. The van der Waals surface area contributed by atoms with Gasteiger partial charge in [-0.05, 0) is 74.8 Å². The highest BCUT2D eigenvalue weighted by Crippen LogP contribution is 2.39. The predicted octanol–water partition coefficient (Wildman–Crippen LogP) is 5.22. The maximum Gasteiger partial charge on any atom is 0.0629 e. The zero-order valence-corrected chi connectivity index (χ0v) is 17.9. The van der Waals surface area contributed by atoms with Crippen LogP contribution in [-0.2, 0) is 11.3 Å². The van der Waals surface area contributed by atoms with Crippen LogP contribution in [0.2, 0.25) is 0 Å². The zero-order chi connectivity index (χ0) is 20.0. The van der Waals surface area contributed by atoms with Gasteiger partial charge in [0.05, 0.1) is 5.60 Å². The molecule has 1 fully saturated rings. The highest BCUT2D eigenvalue weighted by molar-refractivity contribution is 5.45. The molecule has 1 saturated heterocycles. The van der Waals surface area contributed by atoms with Crippen molar-refractivity contribution in [2.75, 3.05) is 32.1 Å². The molecule has 2 aromatic rings. The van der Waals surface area contributed by atoms with E-state index in [1.54, 1.807) is 0 Å². The SMILES string of the molecule is CN(C)c1ccc(CNCCC(c2ccccc2)C2CCOC(C)(C)C2)cc1. The topological polar surface area (TPSA) is 24.5 Å². The first-order valence-corrected chi connectivity index (χ1v) is 10.6. The van der Waals surface area contributed by atoms with Crippen molar-refractivity contribution in [3.63, 3.8) is 0 Å². The van der Waals surface area contributed by atoms with Gasteiger partial charge in [0.2, 0.25) is 0 Å². The van der Waals surface area contributed by atoms with E-state index in [2.05, 4.69) is 92.8 Å². The molecule has 0 radical (unpaired) electrons. The molecule has 1 N–H and O–H groups in total. The van der Waals surface area contributed by atoms with Gasteiger partial charge in [-0.1, -0.05) is 42.5 Å². The second-order valence-electron chi connectivity index (χ2n) is 8.90. The lowest BCUT2D eigenvalue weighted by Crippen LogP contribution is -2.36. The minimum Gasteiger partial charge on any atom is -0.378 e. The Hall–Kier alpha value is -1.84. The normalized spacial score (nSPS) is 19.9. The van der Waals surface area contributed by atoms with Crippen molar-refractivity contribution in [2.45, 2.75) is 51.2 Å². The molecule has 2 aromatic carbocycles. The molecule has 1 aliphatic rings. The lowest BCUT2D eigenvalue weighted by Gasteiger charge is -2.39. The summed E-state index contributed by atoms with van der Waals surface area (Å²) in [5.74, 6) is 1.28. The predicted molar refractivity (Wildman–Crippen MR) is 119 cm³/mol. The average Bonchev–Trinajstić information content (AvgIpc) is 2.68. The lowest BCUT2D eigenvalue weighted by molar-refractivity contribution is -0.0771. The van der Waals surface area contributed by atoms with Crippen LogP contribution in [0.25, 0.3) is 0 Å². The van der Waals surface area contributed by atoms with E-state index in [1.165, 1.54) is 23.2 Å². The fourth-order valence-electron chi connectivity index (χ4n) is 4.40. The first-order chi connectivity index (χ1) is 13.4. The van der Waals surface area contributed by atoms with Gasteiger partial charge in [-0.25, -0.2) is 0 Å². The van der Waals surface area contributed by atoms with Crippen molar-refractivity contribution in [1.29, 1.82) is 0 Å². The number of ether oxygens (including phenoxy) is 1. The zero-order valence-electron chi connectivity index (χ0n) is 17.9. The van der Waals surface area contributed by atoms with E-state index < -0.39 is 0 Å². The van der Waals surface area contributed by atoms with Gasteiger partial charge in [-0.2, -0.15) is 0 Å². The van der Waals surface area contributed by atoms with Crippen molar-refractivity contribution >= 4 is 5.69 Å². The van der Waals surface area contributed by atoms with Crippen LogP contribution in [0.15, 0.2) is 54.6 Å². The summed E-state index contributed by atoms with van der Waals surface area (Å²) in [5.41, 5.74) is 4.06. The average molecular weight is 381 g/mol. The molecule has 1 aliphatic heterocycles. The summed E-state index contributed by atoms with van der Waals surface area (Å²) in [6.45, 7) is 7.31. The maximum absolute atomic E-state index is 5.97. The molecule has 0 spiro atoms. The van der Waals surface area contributed by atoms with Gasteiger partial charge in [-0.15, -0.1) is 0 Å². The Morgan fingerprint density at radius 1 is 1.07 bits per heavy atom. The largest absolute Gasteiger partial charge is 0.378 e. The lowest BCUT2D eigenvalue weighted by atomic mass is 9.75. The Labute approximate surface area is 171 Å². The molecule has 2 atom stereocenters. The van der Waals surface area contributed by atoms with Crippen LogP contribution in [0.1, 0.15) is 50.2 Å². The standard InChI is InChI=1S/C25H36N2O/c1-25(2)18-22(15-17-28-25)24(21-8-6-5-7-9-21)14-16-26-19-20-10-12-23(13-11-20)27(3)4/h5-13,22,24,26H,14-19H2,1-4H3. The molecule has 0 aromatic heterocycles. The third kappa shape index (κ3) is 5.83. The molecule has 0 saturated carbocycles. The van der Waals surface area contributed by atoms with E-state index in [9.17, 15) is 0 Å². The maximum atomic E-state index is 5.97. The third-order valence-corrected chi connectivity index (χ3v) is 5.95. The van der Waals surface area contributed by atoms with E-state index in [4.69, 9.17) is 4.74 Å². The molecule has 0 aliphatic carbocycles. The quantitative estimate of drug-likeness (QED) is 0.635. The molecular weight excluding hydrogens is 344 g/mol. The van der Waals surface area contributed by atoms with Crippen LogP contribution in [0.3, 0.4) is 0 Å². The van der Waals surface area contributed by atoms with Gasteiger partial charge in [0.1, 0.15) is 0 Å². The summed E-state index contributed by atoms with van der Waals surface area (Å²) in [5, 5.41) is 3.67. The number of hydrogen-bond donors (Lipinski definition) is 1. The first-order valence-electron chi connectivity index (χ1n) is 10.6. The van der Waals surface area contributed by atoms with Crippen LogP contribution in [0.4, 0.5) is 5.69 Å². The van der Waals surface area contributed by atoms with Crippen molar-refractivity contribution < 1.29 is 4.74 Å². The fourth-order valence-corrected chi connectivity index (χ4v) is 4.40. The van der Waals surface area contributed by atoms with Gasteiger partial charge in [0.25, 0.3) is 0 Å². The first kappa shape index (κ1) is 20.9. The second-order valence-corrected chi connectivity index (χ2v) is 8.90. The van der Waals surface area contributed by atoms with Gasteiger partial charge in [0.15, 0.2) is 0 Å². The molecule has 152 valence electrons. The third-order valence-electron chi connectivity index (χ3n) is 5.95. The van der Waals surface area contributed by atoms with Crippen molar-refractivity contribution in [3.8, 4) is 0 Å². The van der Waals surface area contributed by atoms with Crippen LogP contribution in [0, 0.1) is 5.92 Å². The Kier molecular flexibility index (Phi) is 7.14. The van der Waals surface area contributed by atoms with E-state index in [0.717, 1.165) is 32.5 Å². The molecule has 3 heteroatoms. The van der Waals surface area contributed by atoms with Crippen molar-refractivity contribution in [2.24, 2.45) is 5.92 Å². The van der Waals surface area contributed by atoms with Crippen LogP contribution >= 0.6 is 0 Å². The number of hydrogen-bond acceptors (Lipinski definition) is 3. The highest BCUT2D eigenvalue weighted by atomic mass is 16.5. The molecule has 1 heterocycles. The smallest absolute Gasteiger partial charge is 0.0629 e. The Bertz CT molecular complexity index is 709. The van der Waals surface area contributed by atoms with E-state index in [0.29, 0.717) is 11.8 Å². The van der Waals surface area contributed by atoms with Crippen molar-refractivity contribution in [3.05, 3.63) is 65.7 Å². The number of anilines is 1. The molecule has 3 nitrogen and oxygen atoms in total. The number of rotatable bonds is 8. The molecule has 28 heavy (non-hydrogen) atoms.